The van der Waals surface area contributed by atoms with Crippen molar-refractivity contribution in [2.24, 2.45) is 0 Å². The van der Waals surface area contributed by atoms with Gasteiger partial charge in [-0.25, -0.2) is 0 Å². The van der Waals surface area contributed by atoms with Crippen molar-refractivity contribution in [2.75, 3.05) is 0 Å². The number of benzene rings is 8. The van der Waals surface area contributed by atoms with Crippen molar-refractivity contribution in [1.29, 1.82) is 0 Å². The molecule has 2 heterocycles. The van der Waals surface area contributed by atoms with Gasteiger partial charge >= 0.3 is 10.1 Å². The largest absolute Gasteiger partial charge is 2.00 e. The number of aromatic nitrogens is 2. The maximum Gasteiger partial charge on any atom is 2.00 e. The minimum absolute atomic E-state index is 0. The third-order valence-corrected chi connectivity index (χ3v) is 11.2. The molecule has 0 aliphatic heterocycles. The zero-order chi connectivity index (χ0) is 32.2. The summed E-state index contributed by atoms with van der Waals surface area (Å²) < 4.78 is 2.39. The Bertz CT molecular complexity index is 2500. The Labute approximate surface area is 293 Å². The Hall–Kier alpha value is -5.65. The first-order valence-electron chi connectivity index (χ1n) is 15.7. The molecule has 0 aliphatic rings. The maximum absolute atomic E-state index is 12.2. The number of hydrogen-bond donors (Lipinski definition) is 0. The van der Waals surface area contributed by atoms with Crippen molar-refractivity contribution in [1.82, 2.24) is 0 Å². The molecule has 7 heteroatoms. The van der Waals surface area contributed by atoms with Gasteiger partial charge < -0.3 is 10.2 Å². The second-order valence-electron chi connectivity index (χ2n) is 11.7. The van der Waals surface area contributed by atoms with Crippen molar-refractivity contribution in [3.63, 3.8) is 0 Å². The van der Waals surface area contributed by atoms with Gasteiger partial charge in [-0.3, -0.25) is 0 Å². The number of H-pyrrole nitrogens is 2. The van der Waals surface area contributed by atoms with Crippen molar-refractivity contribution in [2.45, 2.75) is 0 Å². The molecule has 0 unspecified atom stereocenters. The molecular weight excluding hydrogens is 638 g/mol. The van der Waals surface area contributed by atoms with Crippen LogP contribution in [0.15, 0.2) is 146 Å². The number of aromatic amines is 2. The molecule has 0 spiro atoms. The predicted octanol–water partition coefficient (Wildman–Crippen LogP) is 9.14. The van der Waals surface area contributed by atoms with E-state index in [1.54, 1.807) is 46.9 Å². The van der Waals surface area contributed by atoms with E-state index < -0.39 is 0 Å². The molecule has 0 amide bonds. The topological polar surface area (TPSA) is 74.4 Å². The summed E-state index contributed by atoms with van der Waals surface area (Å²) in [6.07, 6.45) is 0. The Balaban J connectivity index is 0.000000139. The van der Waals surface area contributed by atoms with Crippen LogP contribution >= 0.6 is 22.7 Å². The zero-order valence-electron chi connectivity index (χ0n) is 26.2. The molecule has 8 aromatic carbocycles. The molecule has 2 aromatic heterocycles. The summed E-state index contributed by atoms with van der Waals surface area (Å²) in [6, 6.07) is 48.1. The van der Waals surface area contributed by atoms with E-state index in [-0.39, 0.29) is 21.6 Å². The van der Waals surface area contributed by atoms with Crippen molar-refractivity contribution in [3.8, 4) is 32.6 Å². The van der Waals surface area contributed by atoms with Crippen LogP contribution in [0.4, 0.5) is 0 Å². The first-order chi connectivity index (χ1) is 23.7. The first kappa shape index (κ1) is 30.7. The second-order valence-corrected chi connectivity index (χ2v) is 13.7. The summed E-state index contributed by atoms with van der Waals surface area (Å²) in [4.78, 5) is 7.01. The van der Waals surface area contributed by atoms with E-state index in [0.29, 0.717) is 0 Å². The van der Waals surface area contributed by atoms with Gasteiger partial charge in [0.25, 0.3) is 10.0 Å². The van der Waals surface area contributed by atoms with Crippen molar-refractivity contribution < 1.29 is 20.2 Å². The fraction of sp³-hybridized carbons (Fsp3) is 0. The Morgan fingerprint density at radius 3 is 1.00 bits per heavy atom. The standard InChI is InChI=1S/2C21H13NOS.Be/c2*23-18-12-6-5-11-17(18)21-22-19-15-9-3-1-7-13(15)14-8-2-4-10-16(14)20(19)24-21;/h2*1-12,23H;/q;;+2. The number of rotatable bonds is 2. The van der Waals surface area contributed by atoms with Crippen LogP contribution in [0.1, 0.15) is 0 Å². The average molecular weight is 664 g/mol. The first-order valence-corrected chi connectivity index (χ1v) is 17.3. The minimum Gasteiger partial charge on any atom is -0.872 e. The molecule has 2 N–H and O–H groups in total. The normalized spacial score (nSPS) is 11.3. The van der Waals surface area contributed by atoms with E-state index >= 15 is 0 Å². The molecule has 0 radical (unpaired) electrons. The van der Waals surface area contributed by atoms with Gasteiger partial charge in [0.15, 0.2) is 0 Å². The van der Waals surface area contributed by atoms with Gasteiger partial charge in [0.05, 0.1) is 10.8 Å². The van der Waals surface area contributed by atoms with E-state index in [0.717, 1.165) is 32.2 Å². The van der Waals surface area contributed by atoms with Crippen LogP contribution in [0.5, 0.6) is 11.5 Å². The van der Waals surface area contributed by atoms with E-state index in [1.807, 2.05) is 24.3 Å². The summed E-state index contributed by atoms with van der Waals surface area (Å²) in [5, 5.41) is 36.0. The summed E-state index contributed by atoms with van der Waals surface area (Å²) in [6.45, 7) is 0. The molecule has 0 aliphatic carbocycles. The van der Waals surface area contributed by atoms with Gasteiger partial charge in [0.1, 0.15) is 9.40 Å². The third kappa shape index (κ3) is 5.09. The number of fused-ring (bicyclic) bond motifs is 12. The van der Waals surface area contributed by atoms with Crippen LogP contribution in [0.25, 0.3) is 84.7 Å². The van der Waals surface area contributed by atoms with Crippen molar-refractivity contribution >= 4 is 96.3 Å². The van der Waals surface area contributed by atoms with E-state index in [9.17, 15) is 10.2 Å². The van der Waals surface area contributed by atoms with Crippen LogP contribution in [-0.4, -0.2) is 10.1 Å². The van der Waals surface area contributed by atoms with E-state index in [1.165, 1.54) is 52.5 Å². The number of thiazole rings is 2. The molecule has 4 nitrogen and oxygen atoms in total. The Morgan fingerprint density at radius 2 is 0.633 bits per heavy atom. The predicted molar refractivity (Wildman–Crippen MR) is 202 cm³/mol. The molecule has 0 fully saturated rings. The summed E-state index contributed by atoms with van der Waals surface area (Å²) in [5.41, 5.74) is 3.67. The molecule has 228 valence electrons. The van der Waals surface area contributed by atoms with Gasteiger partial charge in [-0.1, -0.05) is 155 Å². The number of para-hydroxylation sites is 2. The molecule has 49 heavy (non-hydrogen) atoms. The van der Waals surface area contributed by atoms with Gasteiger partial charge in [0.2, 0.25) is 11.0 Å². The zero-order valence-corrected chi connectivity index (χ0v) is 27.8. The van der Waals surface area contributed by atoms with Crippen LogP contribution in [0.2, 0.25) is 0 Å². The Morgan fingerprint density at radius 1 is 0.347 bits per heavy atom. The summed E-state index contributed by atoms with van der Waals surface area (Å²) in [5.74, 6) is 0.0998. The smallest absolute Gasteiger partial charge is 0.872 e. The fourth-order valence-corrected chi connectivity index (χ4v) is 9.09. The molecule has 0 saturated heterocycles. The molecule has 10 aromatic rings. The second kappa shape index (κ2) is 12.4. The van der Waals surface area contributed by atoms with Gasteiger partial charge in [0, 0.05) is 21.9 Å². The van der Waals surface area contributed by atoms with Crippen LogP contribution in [0, 0.1) is 0 Å². The van der Waals surface area contributed by atoms with Crippen molar-refractivity contribution in [3.05, 3.63) is 146 Å². The van der Waals surface area contributed by atoms with E-state index in [4.69, 9.17) is 0 Å². The quantitative estimate of drug-likeness (QED) is 0.137. The van der Waals surface area contributed by atoms with Crippen LogP contribution in [-0.2, 0) is 0 Å². The summed E-state index contributed by atoms with van der Waals surface area (Å²) in [7, 11) is 0. The molecule has 0 saturated carbocycles. The number of hydrogen-bond acceptors (Lipinski definition) is 4. The monoisotopic (exact) mass is 663 g/mol. The Kier molecular flexibility index (Phi) is 7.77. The fourth-order valence-electron chi connectivity index (χ4n) is 6.71. The average Bonchev–Trinajstić information content (AvgIpc) is 3.79. The number of nitrogens with one attached hydrogen (secondary N) is 2. The van der Waals surface area contributed by atoms with E-state index in [2.05, 4.69) is 107 Å². The van der Waals surface area contributed by atoms with Gasteiger partial charge in [-0.2, -0.15) is 9.97 Å². The SMILES string of the molecule is [Be+2].[O-]c1ccccc1-c1[nH+]c2c3ccccc3c3ccccc3c2s1.[O-]c1ccccc1-c1[nH+]c2c3ccccc3c3ccccc3c2s1. The van der Waals surface area contributed by atoms with Crippen LogP contribution in [0.3, 0.4) is 0 Å². The van der Waals surface area contributed by atoms with Gasteiger partial charge in [-0.05, 0) is 45.8 Å². The molecule has 10 rings (SSSR count). The molecular formula is C42H26BeN2O2S2+2. The van der Waals surface area contributed by atoms with Crippen LogP contribution < -0.4 is 20.2 Å². The summed E-state index contributed by atoms with van der Waals surface area (Å²) >= 11 is 3.31. The minimum atomic E-state index is 0. The maximum atomic E-state index is 12.2. The van der Waals surface area contributed by atoms with Gasteiger partial charge in [-0.15, -0.1) is 0 Å². The molecule has 0 bridgehead atoms. The molecule has 0 atom stereocenters. The third-order valence-electron chi connectivity index (χ3n) is 8.92.